The molecule has 0 bridgehead atoms. The van der Waals surface area contributed by atoms with Crippen molar-refractivity contribution in [3.05, 3.63) is 37.2 Å². The Labute approximate surface area is 132 Å². The molecule has 2 aromatic heterocycles. The summed E-state index contributed by atoms with van der Waals surface area (Å²) in [5, 5.41) is -0.00667. The van der Waals surface area contributed by atoms with Gasteiger partial charge in [-0.1, -0.05) is 0 Å². The molecular formula is C10H10N2O4S2Zn. The van der Waals surface area contributed by atoms with Crippen LogP contribution in [0.4, 0.5) is 0 Å². The first-order valence-electron chi connectivity index (χ1n) is 4.57. The molecule has 0 aromatic carbocycles. The Morgan fingerprint density at radius 1 is 0.895 bits per heavy atom. The molecule has 19 heavy (non-hydrogen) atoms. The number of hydrogen-bond acceptors (Lipinski definition) is 6. The summed E-state index contributed by atoms with van der Waals surface area (Å²) in [7, 11) is 0. The van der Waals surface area contributed by atoms with Crippen molar-refractivity contribution in [1.29, 1.82) is 0 Å². The molecule has 0 atom stereocenters. The summed E-state index contributed by atoms with van der Waals surface area (Å²) < 4.78 is 18.9. The van der Waals surface area contributed by atoms with Crippen LogP contribution in [0.15, 0.2) is 46.0 Å². The first-order valence-corrected chi connectivity index (χ1v) is 5.38. The van der Waals surface area contributed by atoms with Crippen LogP contribution in [0, 0.1) is 0 Å². The van der Waals surface area contributed by atoms with Gasteiger partial charge in [-0.05, 0) is 24.4 Å². The molecule has 0 radical (unpaired) electrons. The van der Waals surface area contributed by atoms with Gasteiger partial charge in [-0.3, -0.25) is 0 Å². The first-order chi connectivity index (χ1) is 8.58. The maximum atomic E-state index is 5.05. The van der Waals surface area contributed by atoms with E-state index in [4.69, 9.17) is 20.9 Å². The van der Waals surface area contributed by atoms with Gasteiger partial charge in [-0.2, -0.15) is 0 Å². The van der Waals surface area contributed by atoms with Crippen LogP contribution in [0.3, 0.4) is 0 Å². The third-order valence-electron chi connectivity index (χ3n) is 1.43. The van der Waals surface area contributed by atoms with Crippen LogP contribution in [0.25, 0.3) is 0 Å². The van der Waals surface area contributed by atoms with E-state index in [1.54, 1.807) is 12.1 Å². The second kappa shape index (κ2) is 9.49. The molecule has 2 rings (SSSR count). The second-order valence-electron chi connectivity index (χ2n) is 2.76. The molecule has 6 nitrogen and oxygen atoms in total. The van der Waals surface area contributed by atoms with E-state index in [1.807, 2.05) is 0 Å². The Bertz CT molecular complexity index is 441. The zero-order valence-corrected chi connectivity index (χ0v) is 14.4. The van der Waals surface area contributed by atoms with Crippen molar-refractivity contribution < 1.29 is 37.8 Å². The number of furan rings is 2. The normalized spacial score (nSPS) is 8.42. The largest absolute Gasteiger partial charge is 0.469 e. The first kappa shape index (κ1) is 17.6. The van der Waals surface area contributed by atoms with Gasteiger partial charge < -0.3 is 29.8 Å². The van der Waals surface area contributed by atoms with E-state index in [0.29, 0.717) is 11.5 Å². The van der Waals surface area contributed by atoms with E-state index >= 15 is 0 Å². The summed E-state index contributed by atoms with van der Waals surface area (Å²) in [5.74, 6) is 1.06. The maximum absolute atomic E-state index is 5.05. The third-order valence-corrected chi connectivity index (χ3v) is 1.59. The van der Waals surface area contributed by atoms with Crippen LogP contribution < -0.4 is 20.9 Å². The summed E-state index contributed by atoms with van der Waals surface area (Å²) in [5.41, 5.74) is 10.1. The van der Waals surface area contributed by atoms with Gasteiger partial charge in [0.15, 0.2) is 11.5 Å². The molecule has 0 amide bonds. The molecule has 0 unspecified atom stereocenters. The molecule has 98 valence electrons. The van der Waals surface area contributed by atoms with Crippen LogP contribution in [0.5, 0.6) is 11.5 Å². The average Bonchev–Trinajstić information content (AvgIpc) is 2.90. The average molecular weight is 352 g/mol. The molecule has 4 N–H and O–H groups in total. The molecule has 0 aliphatic carbocycles. The smallest absolute Gasteiger partial charge is 0.259 e. The fourth-order valence-corrected chi connectivity index (χ4v) is 1.04. The topological polar surface area (TPSA) is 96.8 Å². The zero-order chi connectivity index (χ0) is 13.4. The van der Waals surface area contributed by atoms with Gasteiger partial charge in [0.25, 0.3) is 10.3 Å². The number of ether oxygens (including phenoxy) is 2. The quantitative estimate of drug-likeness (QED) is 0.624. The third kappa shape index (κ3) is 8.31. The summed E-state index contributed by atoms with van der Waals surface area (Å²) in [6, 6.07) is 3.25. The fourth-order valence-electron chi connectivity index (χ4n) is 0.852. The van der Waals surface area contributed by atoms with Gasteiger partial charge in [0, 0.05) is 31.6 Å². The molecular weight excluding hydrogens is 342 g/mol. The Hall–Kier alpha value is -1.44. The fraction of sp³-hybridized carbons (Fsp3) is 0. The predicted octanol–water partition coefficient (Wildman–Crippen LogP) is 1.80. The molecule has 0 saturated heterocycles. The van der Waals surface area contributed by atoms with Crippen molar-refractivity contribution in [3.63, 3.8) is 0 Å². The molecule has 0 spiro atoms. The van der Waals surface area contributed by atoms with Crippen molar-refractivity contribution in [1.82, 2.24) is 0 Å². The van der Waals surface area contributed by atoms with Crippen molar-refractivity contribution in [2.75, 3.05) is 0 Å². The van der Waals surface area contributed by atoms with Crippen LogP contribution in [0.1, 0.15) is 0 Å². The molecule has 0 saturated carbocycles. The summed E-state index contributed by atoms with van der Waals surface area (Å²) in [6.07, 6.45) is 5.79. The Balaban J connectivity index is 0.000000324. The predicted molar refractivity (Wildman–Crippen MR) is 72.2 cm³/mol. The number of nitrogens with two attached hydrogens (primary N) is 2. The summed E-state index contributed by atoms with van der Waals surface area (Å²) in [4.78, 5) is 0. The minimum Gasteiger partial charge on any atom is -0.469 e. The molecule has 0 fully saturated rings. The van der Waals surface area contributed by atoms with Gasteiger partial charge in [0.1, 0.15) is 12.5 Å². The van der Waals surface area contributed by atoms with E-state index in [-0.39, 0.29) is 29.8 Å². The van der Waals surface area contributed by atoms with Crippen LogP contribution in [-0.2, 0) is 19.5 Å². The molecule has 0 aliphatic heterocycles. The van der Waals surface area contributed by atoms with Gasteiger partial charge in [0.2, 0.25) is 0 Å². The zero-order valence-electron chi connectivity index (χ0n) is 9.78. The molecule has 9 heteroatoms. The van der Waals surface area contributed by atoms with Gasteiger partial charge in [0.05, 0.1) is 12.5 Å². The Morgan fingerprint density at radius 3 is 1.47 bits per heavy atom. The maximum Gasteiger partial charge on any atom is 0.259 e. The van der Waals surface area contributed by atoms with Crippen molar-refractivity contribution in [2.45, 2.75) is 0 Å². The van der Waals surface area contributed by atoms with E-state index in [2.05, 4.69) is 33.3 Å². The van der Waals surface area contributed by atoms with E-state index in [0.717, 1.165) is 0 Å². The van der Waals surface area contributed by atoms with E-state index in [9.17, 15) is 0 Å². The monoisotopic (exact) mass is 350 g/mol. The molecule has 0 aliphatic rings. The molecule has 2 aromatic rings. The Morgan fingerprint density at radius 2 is 1.26 bits per heavy atom. The van der Waals surface area contributed by atoms with Crippen molar-refractivity contribution >= 4 is 34.8 Å². The molecule has 2 heterocycles. The SMILES string of the molecule is NC(=S)Oc1ccoc1.NC(=S)Oc1ccoc1.[Zn]. The van der Waals surface area contributed by atoms with Gasteiger partial charge in [-0.15, -0.1) is 0 Å². The van der Waals surface area contributed by atoms with Crippen LogP contribution >= 0.6 is 24.4 Å². The minimum atomic E-state index is -0.00333. The standard InChI is InChI=1S/2C5H5NO2S.Zn/c2*6-5(9)8-4-1-2-7-3-4;/h2*1-3H,(H2,6,9);. The van der Waals surface area contributed by atoms with Crippen LogP contribution in [-0.4, -0.2) is 10.3 Å². The summed E-state index contributed by atoms with van der Waals surface area (Å²) in [6.45, 7) is 0. The number of hydrogen-bond donors (Lipinski definition) is 2. The number of thiocarbonyl (C=S) groups is 2. The minimum absolute atomic E-state index is 0. The van der Waals surface area contributed by atoms with Crippen molar-refractivity contribution in [2.24, 2.45) is 11.5 Å². The summed E-state index contributed by atoms with van der Waals surface area (Å²) >= 11 is 8.91. The number of rotatable bonds is 2. The van der Waals surface area contributed by atoms with Gasteiger partial charge >= 0.3 is 0 Å². The van der Waals surface area contributed by atoms with Crippen LogP contribution in [0.2, 0.25) is 0 Å². The van der Waals surface area contributed by atoms with Gasteiger partial charge in [-0.25, -0.2) is 0 Å². The second-order valence-corrected chi connectivity index (χ2v) is 3.57. The van der Waals surface area contributed by atoms with E-state index in [1.165, 1.54) is 25.1 Å². The van der Waals surface area contributed by atoms with Crippen molar-refractivity contribution in [3.8, 4) is 11.5 Å². The Kier molecular flexibility index (Phi) is 8.77. The van der Waals surface area contributed by atoms with E-state index < -0.39 is 0 Å².